The number of nitrogens with one attached hydrogen (secondary N) is 1. The van der Waals surface area contributed by atoms with E-state index in [-0.39, 0.29) is 16.8 Å². The lowest BCUT2D eigenvalue weighted by Gasteiger charge is -2.14. The van der Waals surface area contributed by atoms with Crippen LogP contribution in [-0.4, -0.2) is 23.1 Å². The summed E-state index contributed by atoms with van der Waals surface area (Å²) >= 11 is 1.48. The van der Waals surface area contributed by atoms with Crippen molar-refractivity contribution in [2.75, 3.05) is 0 Å². The first kappa shape index (κ1) is 18.1. The molecule has 1 aliphatic carbocycles. The van der Waals surface area contributed by atoms with Crippen molar-refractivity contribution in [1.82, 2.24) is 13.9 Å². The topological polar surface area (TPSA) is 90.2 Å². The van der Waals surface area contributed by atoms with Gasteiger partial charge in [-0.05, 0) is 60.4 Å². The van der Waals surface area contributed by atoms with E-state index in [9.17, 15) is 18.0 Å². The third-order valence-corrected chi connectivity index (χ3v) is 7.30. The fourth-order valence-corrected chi connectivity index (χ4v) is 5.19. The number of hydrogen-bond acceptors (Lipinski definition) is 5. The molecule has 9 heteroatoms. The summed E-state index contributed by atoms with van der Waals surface area (Å²) in [6.07, 6.45) is 1.59. The van der Waals surface area contributed by atoms with Crippen LogP contribution in [0.3, 0.4) is 0 Å². The van der Waals surface area contributed by atoms with Crippen LogP contribution < -0.4 is 16.0 Å². The van der Waals surface area contributed by atoms with Crippen LogP contribution in [0, 0.1) is 0 Å². The van der Waals surface area contributed by atoms with Gasteiger partial charge in [-0.1, -0.05) is 0 Å². The number of hydrogen-bond donors (Lipinski definition) is 1. The van der Waals surface area contributed by atoms with Gasteiger partial charge in [0.05, 0.1) is 22.3 Å². The monoisotopic (exact) mass is 405 g/mol. The molecule has 2 heterocycles. The summed E-state index contributed by atoms with van der Waals surface area (Å²) in [4.78, 5) is 25.6. The zero-order valence-electron chi connectivity index (χ0n) is 14.9. The minimum atomic E-state index is -3.73. The summed E-state index contributed by atoms with van der Waals surface area (Å²) < 4.78 is 30.5. The third kappa shape index (κ3) is 3.26. The summed E-state index contributed by atoms with van der Waals surface area (Å²) in [5.41, 5.74) is -0.0723. The van der Waals surface area contributed by atoms with Gasteiger partial charge >= 0.3 is 5.69 Å². The van der Waals surface area contributed by atoms with Crippen LogP contribution in [0.4, 0.5) is 0 Å². The molecule has 4 rings (SSSR count). The SMILES string of the molecule is Cn1c(=O)n(Cc2ccsc2)c(=O)c2cc(S(=O)(=O)NC3(C)CC3)ccc21. The second-order valence-corrected chi connectivity index (χ2v) is 9.67. The lowest BCUT2D eigenvalue weighted by atomic mass is 10.2. The Balaban J connectivity index is 1.87. The van der Waals surface area contributed by atoms with Crippen LogP contribution >= 0.6 is 11.3 Å². The Kier molecular flexibility index (Phi) is 4.13. The van der Waals surface area contributed by atoms with E-state index in [2.05, 4.69) is 4.72 Å². The lowest BCUT2D eigenvalue weighted by molar-refractivity contribution is 0.558. The molecule has 0 spiro atoms. The van der Waals surface area contributed by atoms with Crippen molar-refractivity contribution in [1.29, 1.82) is 0 Å². The van der Waals surface area contributed by atoms with E-state index in [0.717, 1.165) is 23.0 Å². The van der Waals surface area contributed by atoms with Gasteiger partial charge in [0.2, 0.25) is 10.0 Å². The molecule has 2 aromatic heterocycles. The number of aromatic nitrogens is 2. The predicted octanol–water partition coefficient (Wildman–Crippen LogP) is 1.64. The highest BCUT2D eigenvalue weighted by Crippen LogP contribution is 2.36. The molecule has 1 aromatic carbocycles. The molecule has 1 aliphatic rings. The molecule has 27 heavy (non-hydrogen) atoms. The molecule has 0 amide bonds. The number of sulfonamides is 1. The van der Waals surface area contributed by atoms with E-state index in [4.69, 9.17) is 0 Å². The second kappa shape index (κ2) is 6.15. The molecule has 0 aliphatic heterocycles. The molecule has 0 bridgehead atoms. The zero-order chi connectivity index (χ0) is 19.4. The number of nitrogens with zero attached hydrogens (tertiary/aromatic N) is 2. The van der Waals surface area contributed by atoms with E-state index in [1.165, 1.54) is 34.1 Å². The van der Waals surface area contributed by atoms with E-state index in [0.29, 0.717) is 5.52 Å². The minimum absolute atomic E-state index is 0.0287. The largest absolute Gasteiger partial charge is 0.331 e. The van der Waals surface area contributed by atoms with Gasteiger partial charge in [0.1, 0.15) is 0 Å². The molecule has 0 radical (unpaired) electrons. The molecule has 0 atom stereocenters. The molecule has 142 valence electrons. The number of thiophene rings is 1. The van der Waals surface area contributed by atoms with Crippen LogP contribution in [0.5, 0.6) is 0 Å². The molecular formula is C18H19N3O4S2. The van der Waals surface area contributed by atoms with Crippen molar-refractivity contribution in [3.63, 3.8) is 0 Å². The van der Waals surface area contributed by atoms with Crippen molar-refractivity contribution >= 4 is 32.3 Å². The van der Waals surface area contributed by atoms with Crippen LogP contribution in [-0.2, 0) is 23.6 Å². The number of rotatable bonds is 5. The molecule has 1 N–H and O–H groups in total. The average Bonchev–Trinajstić information content (AvgIpc) is 3.12. The van der Waals surface area contributed by atoms with Gasteiger partial charge in [0.15, 0.2) is 0 Å². The zero-order valence-corrected chi connectivity index (χ0v) is 16.6. The quantitative estimate of drug-likeness (QED) is 0.699. The van der Waals surface area contributed by atoms with Gasteiger partial charge in [-0.3, -0.25) is 13.9 Å². The van der Waals surface area contributed by atoms with Crippen molar-refractivity contribution in [2.24, 2.45) is 7.05 Å². The first-order valence-corrected chi connectivity index (χ1v) is 10.9. The fourth-order valence-electron chi connectivity index (χ4n) is 3.04. The average molecular weight is 406 g/mol. The van der Waals surface area contributed by atoms with Crippen LogP contribution in [0.2, 0.25) is 0 Å². The van der Waals surface area contributed by atoms with Crippen LogP contribution in [0.15, 0.2) is 49.5 Å². The van der Waals surface area contributed by atoms with Gasteiger partial charge < -0.3 is 0 Å². The highest BCUT2D eigenvalue weighted by atomic mass is 32.2. The summed E-state index contributed by atoms with van der Waals surface area (Å²) in [6, 6.07) is 6.15. The smallest absolute Gasteiger partial charge is 0.296 e. The highest BCUT2D eigenvalue weighted by molar-refractivity contribution is 7.89. The van der Waals surface area contributed by atoms with Gasteiger partial charge in [-0.2, -0.15) is 11.3 Å². The first-order chi connectivity index (χ1) is 12.7. The summed E-state index contributed by atoms with van der Waals surface area (Å²) in [6.45, 7) is 2.00. The third-order valence-electron chi connectivity index (χ3n) is 4.93. The van der Waals surface area contributed by atoms with Gasteiger partial charge in [-0.15, -0.1) is 0 Å². The number of aryl methyl sites for hydroxylation is 1. The first-order valence-electron chi connectivity index (χ1n) is 8.49. The van der Waals surface area contributed by atoms with E-state index in [1.54, 1.807) is 7.05 Å². The lowest BCUT2D eigenvalue weighted by Crippen LogP contribution is -2.39. The Morgan fingerprint density at radius 3 is 2.59 bits per heavy atom. The normalized spacial score (nSPS) is 15.9. The van der Waals surface area contributed by atoms with Crippen molar-refractivity contribution in [2.45, 2.75) is 36.7 Å². The Bertz CT molecular complexity index is 1250. The molecule has 7 nitrogen and oxygen atoms in total. The number of benzene rings is 1. The van der Waals surface area contributed by atoms with E-state index >= 15 is 0 Å². The number of fused-ring (bicyclic) bond motifs is 1. The van der Waals surface area contributed by atoms with E-state index in [1.807, 2.05) is 23.8 Å². The van der Waals surface area contributed by atoms with E-state index < -0.39 is 26.8 Å². The van der Waals surface area contributed by atoms with Crippen molar-refractivity contribution in [3.05, 3.63) is 61.4 Å². The van der Waals surface area contributed by atoms with Crippen molar-refractivity contribution < 1.29 is 8.42 Å². The Morgan fingerprint density at radius 1 is 1.22 bits per heavy atom. The van der Waals surface area contributed by atoms with Gasteiger partial charge in [-0.25, -0.2) is 17.9 Å². The van der Waals surface area contributed by atoms with Crippen LogP contribution in [0.25, 0.3) is 10.9 Å². The second-order valence-electron chi connectivity index (χ2n) is 7.21. The highest BCUT2D eigenvalue weighted by Gasteiger charge is 2.41. The molecule has 3 aromatic rings. The van der Waals surface area contributed by atoms with Crippen LogP contribution in [0.1, 0.15) is 25.3 Å². The Morgan fingerprint density at radius 2 is 1.96 bits per heavy atom. The predicted molar refractivity (Wildman–Crippen MR) is 105 cm³/mol. The summed E-state index contributed by atoms with van der Waals surface area (Å²) in [5, 5.41) is 3.95. The molecule has 0 saturated heterocycles. The minimum Gasteiger partial charge on any atom is -0.296 e. The maximum absolute atomic E-state index is 12.9. The summed E-state index contributed by atoms with van der Waals surface area (Å²) in [5.74, 6) is 0. The summed E-state index contributed by atoms with van der Waals surface area (Å²) in [7, 11) is -2.16. The maximum Gasteiger partial charge on any atom is 0.331 e. The fraction of sp³-hybridized carbons (Fsp3) is 0.333. The van der Waals surface area contributed by atoms with Crippen molar-refractivity contribution in [3.8, 4) is 0 Å². The molecule has 0 unspecified atom stereocenters. The molecule has 1 saturated carbocycles. The standard InChI is InChI=1S/C18H19N3O4S2/c1-18(6-7-18)19-27(24,25)13-3-4-15-14(9-13)16(22)21(17(23)20(15)2)10-12-5-8-26-11-12/h3-5,8-9,11,19H,6-7,10H2,1-2H3. The Labute approximate surface area is 159 Å². The Hall–Kier alpha value is -2.23. The molecule has 1 fully saturated rings. The maximum atomic E-state index is 12.9. The van der Waals surface area contributed by atoms with Gasteiger partial charge in [0.25, 0.3) is 5.56 Å². The van der Waals surface area contributed by atoms with Gasteiger partial charge in [0, 0.05) is 12.6 Å². The molecular weight excluding hydrogens is 386 g/mol.